The van der Waals surface area contributed by atoms with Crippen molar-refractivity contribution in [2.45, 2.75) is 32.2 Å². The zero-order valence-corrected chi connectivity index (χ0v) is 12.5. The summed E-state index contributed by atoms with van der Waals surface area (Å²) >= 11 is 0. The van der Waals surface area contributed by atoms with Gasteiger partial charge < -0.3 is 21.7 Å². The third-order valence-corrected chi connectivity index (χ3v) is 3.84. The van der Waals surface area contributed by atoms with Crippen LogP contribution in [0.15, 0.2) is 0 Å². The molecule has 1 rings (SSSR count). The first kappa shape index (κ1) is 17.5. The first-order chi connectivity index (χ1) is 7.86. The predicted octanol–water partition coefficient (Wildman–Crippen LogP) is -0.138. The van der Waals surface area contributed by atoms with Crippen LogP contribution in [-0.4, -0.2) is 34.7 Å². The molecule has 0 bridgehead atoms. The molecule has 7 heteroatoms. The SMILES string of the molecule is CC(CN)CC(N)C1CCC1(C(=O)O)C(=O)O.[Pt]. The van der Waals surface area contributed by atoms with E-state index in [1.807, 2.05) is 6.92 Å². The van der Waals surface area contributed by atoms with Gasteiger partial charge in [-0.1, -0.05) is 6.92 Å². The zero-order chi connectivity index (χ0) is 13.2. The van der Waals surface area contributed by atoms with Crippen LogP contribution in [0.4, 0.5) is 0 Å². The fraction of sp³-hybridized carbons (Fsp3) is 0.818. The molecule has 0 aromatic carbocycles. The third kappa shape index (κ3) is 2.92. The van der Waals surface area contributed by atoms with Crippen molar-refractivity contribution in [1.82, 2.24) is 0 Å². The Morgan fingerprint density at radius 3 is 2.17 bits per heavy atom. The van der Waals surface area contributed by atoms with Gasteiger partial charge in [0.25, 0.3) is 0 Å². The zero-order valence-electron chi connectivity index (χ0n) is 10.2. The summed E-state index contributed by atoms with van der Waals surface area (Å²) in [5.74, 6) is -2.88. The molecule has 18 heavy (non-hydrogen) atoms. The molecule has 1 saturated carbocycles. The van der Waals surface area contributed by atoms with Gasteiger partial charge in [-0.2, -0.15) is 0 Å². The Morgan fingerprint density at radius 2 is 1.89 bits per heavy atom. The van der Waals surface area contributed by atoms with E-state index in [4.69, 9.17) is 21.7 Å². The Bertz CT molecular complexity index is 310. The Morgan fingerprint density at radius 1 is 1.39 bits per heavy atom. The smallest absolute Gasteiger partial charge is 0.321 e. The average Bonchev–Trinajstić information content (AvgIpc) is 2.14. The largest absolute Gasteiger partial charge is 0.480 e. The summed E-state index contributed by atoms with van der Waals surface area (Å²) in [7, 11) is 0. The van der Waals surface area contributed by atoms with Crippen LogP contribution in [0.1, 0.15) is 26.2 Å². The summed E-state index contributed by atoms with van der Waals surface area (Å²) in [5.41, 5.74) is 9.72. The molecule has 1 aliphatic rings. The number of nitrogens with two attached hydrogens (primary N) is 2. The van der Waals surface area contributed by atoms with E-state index >= 15 is 0 Å². The van der Waals surface area contributed by atoms with Crippen LogP contribution in [0.2, 0.25) is 0 Å². The number of carboxylic acid groups (broad SMARTS) is 2. The van der Waals surface area contributed by atoms with Crippen LogP contribution in [-0.2, 0) is 30.7 Å². The molecule has 0 heterocycles. The van der Waals surface area contributed by atoms with E-state index in [1.165, 1.54) is 0 Å². The minimum absolute atomic E-state index is 0. The van der Waals surface area contributed by atoms with Crippen molar-refractivity contribution in [2.24, 2.45) is 28.7 Å². The molecule has 0 aromatic rings. The van der Waals surface area contributed by atoms with Gasteiger partial charge in [0.15, 0.2) is 5.41 Å². The van der Waals surface area contributed by atoms with Crippen LogP contribution < -0.4 is 11.5 Å². The van der Waals surface area contributed by atoms with E-state index in [2.05, 4.69) is 0 Å². The van der Waals surface area contributed by atoms with Crippen LogP contribution in [0, 0.1) is 17.3 Å². The fourth-order valence-corrected chi connectivity index (χ4v) is 2.53. The molecule has 0 radical (unpaired) electrons. The van der Waals surface area contributed by atoms with Gasteiger partial charge in [0.2, 0.25) is 0 Å². The van der Waals surface area contributed by atoms with Gasteiger partial charge in [-0.25, -0.2) is 0 Å². The maximum absolute atomic E-state index is 11.2. The molecule has 1 fully saturated rings. The van der Waals surface area contributed by atoms with E-state index < -0.39 is 29.3 Å². The number of hydrogen-bond donors (Lipinski definition) is 4. The van der Waals surface area contributed by atoms with Gasteiger partial charge in [0, 0.05) is 33.0 Å². The summed E-state index contributed by atoms with van der Waals surface area (Å²) in [5, 5.41) is 18.2. The Labute approximate surface area is 120 Å². The second-order valence-corrected chi connectivity index (χ2v) is 4.97. The number of aliphatic carboxylic acids is 2. The second-order valence-electron chi connectivity index (χ2n) is 4.97. The minimum Gasteiger partial charge on any atom is -0.480 e. The van der Waals surface area contributed by atoms with Gasteiger partial charge in [-0.05, 0) is 31.7 Å². The van der Waals surface area contributed by atoms with Crippen molar-refractivity contribution in [3.8, 4) is 0 Å². The van der Waals surface area contributed by atoms with Gasteiger partial charge in [0.05, 0.1) is 0 Å². The van der Waals surface area contributed by atoms with Crippen molar-refractivity contribution >= 4 is 11.9 Å². The fourth-order valence-electron chi connectivity index (χ4n) is 2.53. The number of carbonyl (C=O) groups is 2. The number of hydrogen-bond acceptors (Lipinski definition) is 4. The van der Waals surface area contributed by atoms with Gasteiger partial charge in [-0.15, -0.1) is 0 Å². The molecule has 1 aliphatic carbocycles. The number of rotatable bonds is 6. The molecule has 0 saturated heterocycles. The van der Waals surface area contributed by atoms with Gasteiger partial charge in [0.1, 0.15) is 0 Å². The first-order valence-corrected chi connectivity index (χ1v) is 5.78. The normalized spacial score (nSPS) is 24.3. The van der Waals surface area contributed by atoms with E-state index in [0.29, 0.717) is 19.4 Å². The molecule has 0 aliphatic heterocycles. The summed E-state index contributed by atoms with van der Waals surface area (Å²) in [6.07, 6.45) is 1.27. The maximum Gasteiger partial charge on any atom is 0.321 e. The van der Waals surface area contributed by atoms with Crippen LogP contribution in [0.3, 0.4) is 0 Å². The maximum atomic E-state index is 11.2. The van der Waals surface area contributed by atoms with Crippen molar-refractivity contribution in [1.29, 1.82) is 0 Å². The molecular formula is C11H20N2O4Pt. The minimum atomic E-state index is -1.69. The van der Waals surface area contributed by atoms with Crippen LogP contribution in [0.25, 0.3) is 0 Å². The topological polar surface area (TPSA) is 127 Å². The van der Waals surface area contributed by atoms with Gasteiger partial charge >= 0.3 is 11.9 Å². The molecule has 3 unspecified atom stereocenters. The van der Waals surface area contributed by atoms with Crippen molar-refractivity contribution in [3.05, 3.63) is 0 Å². The van der Waals surface area contributed by atoms with E-state index in [0.717, 1.165) is 0 Å². The Balaban J connectivity index is 0.00000289. The predicted molar refractivity (Wildman–Crippen MR) is 61.2 cm³/mol. The van der Waals surface area contributed by atoms with E-state index in [-0.39, 0.29) is 33.4 Å². The summed E-state index contributed by atoms with van der Waals surface area (Å²) in [6, 6.07) is -0.422. The van der Waals surface area contributed by atoms with E-state index in [9.17, 15) is 9.59 Å². The molecule has 6 nitrogen and oxygen atoms in total. The molecule has 0 aromatic heterocycles. The molecule has 0 amide bonds. The van der Waals surface area contributed by atoms with Crippen LogP contribution >= 0.6 is 0 Å². The Hall–Kier alpha value is -0.452. The summed E-state index contributed by atoms with van der Waals surface area (Å²) in [4.78, 5) is 22.3. The first-order valence-electron chi connectivity index (χ1n) is 5.78. The van der Waals surface area contributed by atoms with Crippen molar-refractivity contribution < 1.29 is 40.9 Å². The quantitative estimate of drug-likeness (QED) is 0.427. The molecular weight excluding hydrogens is 419 g/mol. The average molecular weight is 439 g/mol. The molecule has 6 N–H and O–H groups in total. The van der Waals surface area contributed by atoms with Gasteiger partial charge in [-0.3, -0.25) is 9.59 Å². The molecule has 0 spiro atoms. The van der Waals surface area contributed by atoms with Crippen molar-refractivity contribution in [2.75, 3.05) is 6.54 Å². The van der Waals surface area contributed by atoms with E-state index in [1.54, 1.807) is 0 Å². The number of carboxylic acids is 2. The third-order valence-electron chi connectivity index (χ3n) is 3.84. The molecule has 108 valence electrons. The summed E-state index contributed by atoms with van der Waals surface area (Å²) in [6.45, 7) is 2.38. The van der Waals surface area contributed by atoms with Crippen LogP contribution in [0.5, 0.6) is 0 Å². The summed E-state index contributed by atoms with van der Waals surface area (Å²) < 4.78 is 0. The monoisotopic (exact) mass is 439 g/mol. The van der Waals surface area contributed by atoms with Crippen molar-refractivity contribution in [3.63, 3.8) is 0 Å². The molecule has 3 atom stereocenters. The second kappa shape index (κ2) is 6.64. The standard InChI is InChI=1S/C11H20N2O4.Pt/c1-6(5-12)4-8(13)7-2-3-11(7,9(14)15)10(16)17;/h6-8H,2-5,12-13H2,1H3,(H,14,15)(H,16,17);. The Kier molecular flexibility index (Phi) is 6.47.